The minimum Gasteiger partial charge on any atom is -0.493 e. The number of carbonyl (C=O) groups is 2. The topological polar surface area (TPSA) is 77.4 Å². The Balaban J connectivity index is 1.86. The van der Waals surface area contributed by atoms with E-state index in [1.165, 1.54) is 16.7 Å². The predicted molar refractivity (Wildman–Crippen MR) is 127 cm³/mol. The van der Waals surface area contributed by atoms with Gasteiger partial charge in [-0.15, -0.1) is 0 Å². The van der Waals surface area contributed by atoms with Crippen LogP contribution in [0, 0.1) is 0 Å². The molecule has 0 aromatic heterocycles. The fourth-order valence-corrected chi connectivity index (χ4v) is 4.07. The highest BCUT2D eigenvalue weighted by molar-refractivity contribution is 8.18. The van der Waals surface area contributed by atoms with Gasteiger partial charge in [-0.1, -0.05) is 11.6 Å². The molecular formula is C23H23ClN2O5S. The molecule has 0 atom stereocenters. The molecule has 0 spiro atoms. The van der Waals surface area contributed by atoms with Crippen molar-refractivity contribution in [3.63, 3.8) is 0 Å². The van der Waals surface area contributed by atoms with Crippen molar-refractivity contribution in [2.45, 2.75) is 13.8 Å². The Bertz CT molecular complexity index is 1080. The fraction of sp³-hybridized carbons (Fsp3) is 0.261. The SMILES string of the molecule is CCOC(=O)c1ccc(N=C2SC(=Cc3cc(OC)c(OCC)cc3Cl)C(=O)N2C)cc1. The molecular weight excluding hydrogens is 452 g/mol. The normalized spacial score (nSPS) is 16.0. The molecule has 9 heteroatoms. The summed E-state index contributed by atoms with van der Waals surface area (Å²) in [5, 5.41) is 0.955. The van der Waals surface area contributed by atoms with Gasteiger partial charge in [0, 0.05) is 13.1 Å². The summed E-state index contributed by atoms with van der Waals surface area (Å²) in [6.45, 7) is 4.42. The first kappa shape index (κ1) is 23.7. The largest absolute Gasteiger partial charge is 0.493 e. The molecule has 0 aliphatic carbocycles. The van der Waals surface area contributed by atoms with E-state index < -0.39 is 0 Å². The first-order valence-corrected chi connectivity index (χ1v) is 11.1. The molecule has 0 unspecified atom stereocenters. The minimum atomic E-state index is -0.387. The van der Waals surface area contributed by atoms with Crippen LogP contribution in [0.15, 0.2) is 46.3 Å². The average Bonchev–Trinajstić information content (AvgIpc) is 3.04. The van der Waals surface area contributed by atoms with E-state index in [9.17, 15) is 9.59 Å². The maximum Gasteiger partial charge on any atom is 0.338 e. The molecule has 1 fully saturated rings. The molecule has 0 N–H and O–H groups in total. The third-order valence-electron chi connectivity index (χ3n) is 4.48. The number of thioether (sulfide) groups is 1. The Hall–Kier alpha value is -2.97. The molecule has 0 radical (unpaired) electrons. The molecule has 7 nitrogen and oxygen atoms in total. The molecule has 1 amide bonds. The molecule has 2 aromatic rings. The molecule has 2 aromatic carbocycles. The van der Waals surface area contributed by atoms with Crippen molar-refractivity contribution < 1.29 is 23.8 Å². The van der Waals surface area contributed by atoms with Gasteiger partial charge in [-0.3, -0.25) is 9.69 Å². The Morgan fingerprint density at radius 2 is 1.88 bits per heavy atom. The van der Waals surface area contributed by atoms with E-state index in [1.54, 1.807) is 63.6 Å². The van der Waals surface area contributed by atoms with Gasteiger partial charge in [0.1, 0.15) is 0 Å². The smallest absolute Gasteiger partial charge is 0.338 e. The summed E-state index contributed by atoms with van der Waals surface area (Å²) in [5.74, 6) is 0.489. The number of ether oxygens (including phenoxy) is 3. The van der Waals surface area contributed by atoms with Crippen LogP contribution in [-0.2, 0) is 9.53 Å². The average molecular weight is 475 g/mol. The van der Waals surface area contributed by atoms with Gasteiger partial charge >= 0.3 is 5.97 Å². The number of amidine groups is 1. The monoisotopic (exact) mass is 474 g/mol. The fourth-order valence-electron chi connectivity index (χ4n) is 2.88. The van der Waals surface area contributed by atoms with Crippen LogP contribution in [0.3, 0.4) is 0 Å². The predicted octanol–water partition coefficient (Wildman–Crippen LogP) is 5.16. The van der Waals surface area contributed by atoms with Crippen molar-refractivity contribution in [3.05, 3.63) is 57.5 Å². The number of hydrogen-bond donors (Lipinski definition) is 0. The maximum atomic E-state index is 12.8. The molecule has 1 heterocycles. The Morgan fingerprint density at radius 3 is 2.50 bits per heavy atom. The van der Waals surface area contributed by atoms with E-state index in [0.717, 1.165) is 0 Å². The van der Waals surface area contributed by atoms with Crippen molar-refractivity contribution in [1.29, 1.82) is 0 Å². The maximum absolute atomic E-state index is 12.8. The number of likely N-dealkylation sites (N-methyl/N-ethyl adjacent to an activating group) is 1. The summed E-state index contributed by atoms with van der Waals surface area (Å²) < 4.78 is 15.9. The van der Waals surface area contributed by atoms with Crippen molar-refractivity contribution in [3.8, 4) is 11.5 Å². The second kappa shape index (κ2) is 10.6. The van der Waals surface area contributed by atoms with Gasteiger partial charge < -0.3 is 14.2 Å². The van der Waals surface area contributed by atoms with Gasteiger partial charge in [0.15, 0.2) is 16.7 Å². The first-order valence-electron chi connectivity index (χ1n) is 9.91. The lowest BCUT2D eigenvalue weighted by Gasteiger charge is -2.11. The van der Waals surface area contributed by atoms with Crippen LogP contribution in [0.5, 0.6) is 11.5 Å². The molecule has 1 aliphatic heterocycles. The lowest BCUT2D eigenvalue weighted by atomic mass is 10.1. The minimum absolute atomic E-state index is 0.194. The number of carbonyl (C=O) groups excluding carboxylic acids is 2. The van der Waals surface area contributed by atoms with Crippen LogP contribution >= 0.6 is 23.4 Å². The molecule has 1 saturated heterocycles. The summed E-state index contributed by atoms with van der Waals surface area (Å²) in [6, 6.07) is 10.1. The highest BCUT2D eigenvalue weighted by atomic mass is 35.5. The molecule has 0 saturated carbocycles. The molecule has 1 aliphatic rings. The van der Waals surface area contributed by atoms with Crippen LogP contribution in [-0.4, -0.2) is 49.3 Å². The van der Waals surface area contributed by atoms with Crippen LogP contribution in [0.25, 0.3) is 6.08 Å². The lowest BCUT2D eigenvalue weighted by molar-refractivity contribution is -0.121. The van der Waals surface area contributed by atoms with E-state index in [2.05, 4.69) is 4.99 Å². The zero-order chi connectivity index (χ0) is 23.3. The number of methoxy groups -OCH3 is 1. The third-order valence-corrected chi connectivity index (χ3v) is 5.86. The third kappa shape index (κ3) is 5.26. The standard InChI is InChI=1S/C23H23ClN2O5S/c1-5-30-19-13-17(24)15(11-18(19)29-4)12-20-21(27)26(3)23(32-20)25-16-9-7-14(8-10-16)22(28)31-6-2/h7-13H,5-6H2,1-4H3. The van der Waals surface area contributed by atoms with E-state index in [1.807, 2.05) is 6.92 Å². The number of rotatable bonds is 7. The number of halogens is 1. The van der Waals surface area contributed by atoms with E-state index in [0.29, 0.717) is 56.6 Å². The van der Waals surface area contributed by atoms with Crippen molar-refractivity contribution in [2.75, 3.05) is 27.4 Å². The van der Waals surface area contributed by atoms with E-state index in [4.69, 9.17) is 25.8 Å². The summed E-state index contributed by atoms with van der Waals surface area (Å²) in [6.07, 6.45) is 1.70. The number of nitrogens with zero attached hydrogens (tertiary/aromatic N) is 2. The Kier molecular flexibility index (Phi) is 7.82. The Labute approximate surface area is 196 Å². The number of amides is 1. The zero-order valence-electron chi connectivity index (χ0n) is 18.2. The van der Waals surface area contributed by atoms with Crippen LogP contribution in [0.1, 0.15) is 29.8 Å². The second-order valence-electron chi connectivity index (χ2n) is 6.59. The summed E-state index contributed by atoms with van der Waals surface area (Å²) in [7, 11) is 3.20. The molecule has 168 valence electrons. The summed E-state index contributed by atoms with van der Waals surface area (Å²) in [5.41, 5.74) is 1.69. The molecule has 3 rings (SSSR count). The first-order chi connectivity index (χ1) is 15.4. The highest BCUT2D eigenvalue weighted by Gasteiger charge is 2.30. The van der Waals surface area contributed by atoms with Crippen LogP contribution in [0.4, 0.5) is 5.69 Å². The van der Waals surface area contributed by atoms with Gasteiger partial charge in [0.2, 0.25) is 0 Å². The van der Waals surface area contributed by atoms with Gasteiger partial charge in [0.25, 0.3) is 5.91 Å². The van der Waals surface area contributed by atoms with Gasteiger partial charge in [-0.25, -0.2) is 9.79 Å². The van der Waals surface area contributed by atoms with E-state index >= 15 is 0 Å². The second-order valence-corrected chi connectivity index (χ2v) is 8.01. The summed E-state index contributed by atoms with van der Waals surface area (Å²) >= 11 is 7.64. The van der Waals surface area contributed by atoms with Gasteiger partial charge in [-0.2, -0.15) is 0 Å². The van der Waals surface area contributed by atoms with Crippen molar-refractivity contribution >= 4 is 52.2 Å². The van der Waals surface area contributed by atoms with E-state index in [-0.39, 0.29) is 11.9 Å². The van der Waals surface area contributed by atoms with Crippen LogP contribution < -0.4 is 9.47 Å². The van der Waals surface area contributed by atoms with Gasteiger partial charge in [-0.05, 0) is 67.6 Å². The number of benzene rings is 2. The van der Waals surface area contributed by atoms with Crippen molar-refractivity contribution in [1.82, 2.24) is 4.90 Å². The Morgan fingerprint density at radius 1 is 1.16 bits per heavy atom. The van der Waals surface area contributed by atoms with Gasteiger partial charge in [0.05, 0.1) is 41.5 Å². The number of esters is 1. The number of hydrogen-bond acceptors (Lipinski definition) is 7. The zero-order valence-corrected chi connectivity index (χ0v) is 19.7. The van der Waals surface area contributed by atoms with Crippen LogP contribution in [0.2, 0.25) is 5.02 Å². The molecule has 32 heavy (non-hydrogen) atoms. The highest BCUT2D eigenvalue weighted by Crippen LogP contribution is 2.38. The lowest BCUT2D eigenvalue weighted by Crippen LogP contribution is -2.23. The van der Waals surface area contributed by atoms with Crippen molar-refractivity contribution in [2.24, 2.45) is 4.99 Å². The quantitative estimate of drug-likeness (QED) is 0.407. The number of aliphatic imine (C=N–C) groups is 1. The molecule has 0 bridgehead atoms. The summed E-state index contributed by atoms with van der Waals surface area (Å²) in [4.78, 5) is 31.0.